The Morgan fingerprint density at radius 1 is 1.21 bits per heavy atom. The Balaban J connectivity index is 2.23. The van der Waals surface area contributed by atoms with Crippen molar-refractivity contribution in [2.75, 3.05) is 5.73 Å². The number of aryl methyl sites for hydroxylation is 3. The molecule has 0 atom stereocenters. The number of rotatable bonds is 4. The van der Waals surface area contributed by atoms with Crippen molar-refractivity contribution in [1.82, 2.24) is 9.55 Å². The fourth-order valence-electron chi connectivity index (χ4n) is 1.98. The molecule has 1 heterocycles. The number of aromatic nitrogens is 2. The first-order valence-corrected chi connectivity index (χ1v) is 6.28. The van der Waals surface area contributed by atoms with Gasteiger partial charge in [0.05, 0.1) is 0 Å². The van der Waals surface area contributed by atoms with Gasteiger partial charge in [-0.3, -0.25) is 14.3 Å². The highest BCUT2D eigenvalue weighted by Crippen LogP contribution is 2.11. The van der Waals surface area contributed by atoms with Crippen LogP contribution in [0.4, 0.5) is 5.69 Å². The van der Waals surface area contributed by atoms with Crippen LogP contribution in [0.2, 0.25) is 0 Å². The number of aromatic amines is 1. The number of hydrogen-bond donors (Lipinski definition) is 2. The van der Waals surface area contributed by atoms with Crippen LogP contribution < -0.4 is 17.0 Å². The second-order valence-corrected chi connectivity index (χ2v) is 4.41. The van der Waals surface area contributed by atoms with Crippen LogP contribution in [0, 0.1) is 0 Å². The van der Waals surface area contributed by atoms with Crippen LogP contribution >= 0.6 is 0 Å². The molecule has 19 heavy (non-hydrogen) atoms. The summed E-state index contributed by atoms with van der Waals surface area (Å²) in [7, 11) is 0. The molecule has 0 amide bonds. The van der Waals surface area contributed by atoms with Crippen molar-refractivity contribution in [3.63, 3.8) is 0 Å². The van der Waals surface area contributed by atoms with Gasteiger partial charge < -0.3 is 5.73 Å². The maximum absolute atomic E-state index is 11.7. The summed E-state index contributed by atoms with van der Waals surface area (Å²) >= 11 is 0. The zero-order valence-corrected chi connectivity index (χ0v) is 10.8. The quantitative estimate of drug-likeness (QED) is 0.801. The van der Waals surface area contributed by atoms with Gasteiger partial charge in [-0.05, 0) is 24.5 Å². The van der Waals surface area contributed by atoms with Gasteiger partial charge in [0.15, 0.2) is 0 Å². The Morgan fingerprint density at radius 3 is 2.63 bits per heavy atom. The van der Waals surface area contributed by atoms with Gasteiger partial charge in [0.25, 0.3) is 5.56 Å². The highest BCUT2D eigenvalue weighted by atomic mass is 16.2. The first kappa shape index (κ1) is 13.1. The molecule has 2 rings (SSSR count). The average Bonchev–Trinajstić information content (AvgIpc) is 2.39. The predicted octanol–water partition coefficient (Wildman–Crippen LogP) is 0.924. The third-order valence-electron chi connectivity index (χ3n) is 3.14. The van der Waals surface area contributed by atoms with E-state index in [1.54, 1.807) is 6.20 Å². The Morgan fingerprint density at radius 2 is 1.95 bits per heavy atom. The van der Waals surface area contributed by atoms with Crippen LogP contribution in [0.25, 0.3) is 0 Å². The minimum Gasteiger partial charge on any atom is -0.399 e. The van der Waals surface area contributed by atoms with E-state index < -0.39 is 0 Å². The Kier molecular flexibility index (Phi) is 3.85. The molecule has 0 aliphatic carbocycles. The van der Waals surface area contributed by atoms with Gasteiger partial charge in [0.2, 0.25) is 0 Å². The molecule has 5 heteroatoms. The molecule has 0 unspecified atom stereocenters. The number of benzene rings is 1. The zero-order chi connectivity index (χ0) is 13.8. The molecule has 0 saturated carbocycles. The van der Waals surface area contributed by atoms with E-state index in [-0.39, 0.29) is 11.2 Å². The Labute approximate surface area is 110 Å². The summed E-state index contributed by atoms with van der Waals surface area (Å²) < 4.78 is 1.52. The van der Waals surface area contributed by atoms with Crippen LogP contribution in [-0.2, 0) is 19.4 Å². The lowest BCUT2D eigenvalue weighted by Gasteiger charge is -2.08. The molecule has 0 radical (unpaired) electrons. The lowest BCUT2D eigenvalue weighted by atomic mass is 10.1. The van der Waals surface area contributed by atoms with Gasteiger partial charge in [-0.25, -0.2) is 4.79 Å². The van der Waals surface area contributed by atoms with Gasteiger partial charge in [0.1, 0.15) is 0 Å². The van der Waals surface area contributed by atoms with E-state index in [0.29, 0.717) is 24.9 Å². The van der Waals surface area contributed by atoms with E-state index in [1.165, 1.54) is 4.57 Å². The number of nitrogens with two attached hydrogens (primary N) is 1. The van der Waals surface area contributed by atoms with Crippen LogP contribution in [0.1, 0.15) is 18.1 Å². The van der Waals surface area contributed by atoms with E-state index in [1.807, 2.05) is 31.2 Å². The third kappa shape index (κ3) is 2.93. The Bertz CT molecular complexity index is 686. The van der Waals surface area contributed by atoms with E-state index in [4.69, 9.17) is 5.73 Å². The molecule has 0 saturated heterocycles. The normalized spacial score (nSPS) is 10.6. The number of hydrogen-bond acceptors (Lipinski definition) is 3. The highest BCUT2D eigenvalue weighted by Gasteiger charge is 2.04. The summed E-state index contributed by atoms with van der Waals surface area (Å²) in [6.07, 6.45) is 2.88. The lowest BCUT2D eigenvalue weighted by Crippen LogP contribution is -2.32. The molecule has 0 aliphatic heterocycles. The minimum absolute atomic E-state index is 0.303. The summed E-state index contributed by atoms with van der Waals surface area (Å²) in [5, 5.41) is 0. The van der Waals surface area contributed by atoms with Crippen molar-refractivity contribution in [2.45, 2.75) is 26.3 Å². The monoisotopic (exact) mass is 259 g/mol. The second kappa shape index (κ2) is 5.56. The molecule has 0 fully saturated rings. The number of nitrogens with one attached hydrogen (secondary N) is 1. The SMILES string of the molecule is CCc1cn(CCc2ccccc2N)c(=O)[nH]c1=O. The minimum atomic E-state index is -0.378. The molecule has 0 spiro atoms. The van der Waals surface area contributed by atoms with Crippen LogP contribution in [0.3, 0.4) is 0 Å². The largest absolute Gasteiger partial charge is 0.399 e. The number of H-pyrrole nitrogens is 1. The summed E-state index contributed by atoms with van der Waals surface area (Å²) in [5.41, 5.74) is 7.51. The van der Waals surface area contributed by atoms with Crippen LogP contribution in [-0.4, -0.2) is 9.55 Å². The summed E-state index contributed by atoms with van der Waals surface area (Å²) in [6, 6.07) is 7.56. The molecule has 2 aromatic rings. The van der Waals surface area contributed by atoms with Crippen molar-refractivity contribution < 1.29 is 0 Å². The molecule has 5 nitrogen and oxygen atoms in total. The highest BCUT2D eigenvalue weighted by molar-refractivity contribution is 5.46. The number of nitrogens with zero attached hydrogens (tertiary/aromatic N) is 1. The molecule has 100 valence electrons. The van der Waals surface area contributed by atoms with Gasteiger partial charge in [-0.1, -0.05) is 25.1 Å². The predicted molar refractivity (Wildman–Crippen MR) is 75.3 cm³/mol. The van der Waals surface area contributed by atoms with E-state index in [0.717, 1.165) is 11.3 Å². The average molecular weight is 259 g/mol. The number of nitrogen functional groups attached to an aromatic ring is 1. The maximum Gasteiger partial charge on any atom is 0.328 e. The first-order chi connectivity index (χ1) is 9.11. The van der Waals surface area contributed by atoms with E-state index in [9.17, 15) is 9.59 Å². The van der Waals surface area contributed by atoms with Crippen LogP contribution in [0.15, 0.2) is 40.1 Å². The molecule has 0 aliphatic rings. The lowest BCUT2D eigenvalue weighted by molar-refractivity contribution is 0.638. The fraction of sp³-hybridized carbons (Fsp3) is 0.286. The third-order valence-corrected chi connectivity index (χ3v) is 3.14. The summed E-state index contributed by atoms with van der Waals surface area (Å²) in [5.74, 6) is 0. The van der Waals surface area contributed by atoms with Gasteiger partial charge in [0, 0.05) is 24.0 Å². The molecule has 0 bridgehead atoms. The van der Waals surface area contributed by atoms with Crippen molar-refractivity contribution in [1.29, 1.82) is 0 Å². The maximum atomic E-state index is 11.7. The van der Waals surface area contributed by atoms with Crippen molar-refractivity contribution in [3.8, 4) is 0 Å². The molecular formula is C14H17N3O2. The van der Waals surface area contributed by atoms with Crippen molar-refractivity contribution >= 4 is 5.69 Å². The first-order valence-electron chi connectivity index (χ1n) is 6.28. The van der Waals surface area contributed by atoms with Crippen LogP contribution in [0.5, 0.6) is 0 Å². The van der Waals surface area contributed by atoms with Gasteiger partial charge in [-0.2, -0.15) is 0 Å². The molecule has 1 aromatic carbocycles. The van der Waals surface area contributed by atoms with Crippen molar-refractivity contribution in [3.05, 3.63) is 62.4 Å². The van der Waals surface area contributed by atoms with Gasteiger partial charge in [-0.15, -0.1) is 0 Å². The van der Waals surface area contributed by atoms with E-state index in [2.05, 4.69) is 4.98 Å². The number of anilines is 1. The molecule has 1 aromatic heterocycles. The summed E-state index contributed by atoms with van der Waals surface area (Å²) in [6.45, 7) is 2.38. The van der Waals surface area contributed by atoms with E-state index >= 15 is 0 Å². The fourth-order valence-corrected chi connectivity index (χ4v) is 1.98. The topological polar surface area (TPSA) is 80.9 Å². The smallest absolute Gasteiger partial charge is 0.328 e. The standard InChI is InChI=1S/C14H17N3O2/c1-2-10-9-17(14(19)16-13(10)18)8-7-11-5-3-4-6-12(11)15/h3-6,9H,2,7-8,15H2,1H3,(H,16,18,19). The number of para-hydroxylation sites is 1. The van der Waals surface area contributed by atoms with Crippen molar-refractivity contribution in [2.24, 2.45) is 0 Å². The summed E-state index contributed by atoms with van der Waals surface area (Å²) in [4.78, 5) is 25.5. The Hall–Kier alpha value is -2.30. The molecule has 3 N–H and O–H groups in total. The molecular weight excluding hydrogens is 242 g/mol. The zero-order valence-electron chi connectivity index (χ0n) is 10.8. The van der Waals surface area contributed by atoms with Gasteiger partial charge >= 0.3 is 5.69 Å². The second-order valence-electron chi connectivity index (χ2n) is 4.41.